The van der Waals surface area contributed by atoms with Crippen LogP contribution in [-0.2, 0) is 4.79 Å². The van der Waals surface area contributed by atoms with E-state index in [-0.39, 0.29) is 6.54 Å². The zero-order valence-electron chi connectivity index (χ0n) is 10.7. The van der Waals surface area contributed by atoms with Crippen molar-refractivity contribution in [1.29, 1.82) is 0 Å². The third kappa shape index (κ3) is 4.08. The van der Waals surface area contributed by atoms with Crippen LogP contribution in [0, 0.1) is 5.92 Å². The van der Waals surface area contributed by atoms with Crippen LogP contribution < -0.4 is 10.2 Å². The fourth-order valence-corrected chi connectivity index (χ4v) is 2.70. The number of hydrogen-bond donors (Lipinski definition) is 2. The highest BCUT2D eigenvalue weighted by atomic mass is 35.5. The molecule has 2 N–H and O–H groups in total. The van der Waals surface area contributed by atoms with E-state index in [9.17, 15) is 4.79 Å². The number of carboxylic acid groups (broad SMARTS) is 1. The third-order valence-electron chi connectivity index (χ3n) is 3.32. The molecule has 1 aliphatic heterocycles. The van der Waals surface area contributed by atoms with E-state index in [0.29, 0.717) is 10.9 Å². The Labute approximate surface area is 117 Å². The van der Waals surface area contributed by atoms with Crippen LogP contribution in [0.5, 0.6) is 0 Å². The summed E-state index contributed by atoms with van der Waals surface area (Å²) in [5, 5.41) is 12.2. The molecule has 1 saturated heterocycles. The van der Waals surface area contributed by atoms with Crippen LogP contribution in [0.3, 0.4) is 0 Å². The van der Waals surface area contributed by atoms with Gasteiger partial charge in [0.05, 0.1) is 17.3 Å². The first-order valence-electron chi connectivity index (χ1n) is 6.44. The predicted octanol–water partition coefficient (Wildman–Crippen LogP) is 1.63. The van der Waals surface area contributed by atoms with Crippen LogP contribution in [0.2, 0.25) is 5.02 Å². The molecule has 1 aromatic heterocycles. The average Bonchev–Trinajstić information content (AvgIpc) is 2.39. The lowest BCUT2D eigenvalue weighted by Gasteiger charge is -2.34. The molecule has 2 heterocycles. The molecule has 0 aromatic carbocycles. The number of hydrogen-bond acceptors (Lipinski definition) is 4. The van der Waals surface area contributed by atoms with Gasteiger partial charge in [-0.05, 0) is 24.8 Å². The summed E-state index contributed by atoms with van der Waals surface area (Å²) in [6.07, 6.45) is 5.61. The van der Waals surface area contributed by atoms with Crippen molar-refractivity contribution in [3.63, 3.8) is 0 Å². The van der Waals surface area contributed by atoms with Gasteiger partial charge >= 0.3 is 5.97 Å². The van der Waals surface area contributed by atoms with Gasteiger partial charge in [0.25, 0.3) is 0 Å². The molecule has 104 valence electrons. The lowest BCUT2D eigenvalue weighted by atomic mass is 9.97. The summed E-state index contributed by atoms with van der Waals surface area (Å²) < 4.78 is 0. The zero-order valence-corrected chi connectivity index (χ0v) is 11.4. The zero-order chi connectivity index (χ0) is 13.7. The number of pyridine rings is 1. The summed E-state index contributed by atoms with van der Waals surface area (Å²) in [4.78, 5) is 16.7. The monoisotopic (exact) mass is 283 g/mol. The van der Waals surface area contributed by atoms with Crippen molar-refractivity contribution in [3.05, 3.63) is 23.5 Å². The lowest BCUT2D eigenvalue weighted by molar-refractivity contribution is -0.136. The number of aliphatic carboxylic acids is 1. The molecule has 2 rings (SSSR count). The minimum atomic E-state index is -0.815. The number of anilines is 1. The Bertz CT molecular complexity index is 442. The van der Waals surface area contributed by atoms with Gasteiger partial charge in [0.1, 0.15) is 0 Å². The minimum absolute atomic E-state index is 0.0204. The summed E-state index contributed by atoms with van der Waals surface area (Å²) in [6.45, 7) is 2.63. The summed E-state index contributed by atoms with van der Waals surface area (Å²) in [5.41, 5.74) is 1.01. The van der Waals surface area contributed by atoms with Gasteiger partial charge in [0, 0.05) is 32.0 Å². The number of carbonyl (C=O) groups is 1. The molecular weight excluding hydrogens is 266 g/mol. The van der Waals surface area contributed by atoms with Crippen LogP contribution in [0.25, 0.3) is 0 Å². The molecular formula is C13H18ClN3O2. The molecule has 0 aliphatic carbocycles. The van der Waals surface area contributed by atoms with Gasteiger partial charge in [-0.2, -0.15) is 0 Å². The van der Waals surface area contributed by atoms with E-state index in [1.165, 1.54) is 0 Å². The lowest BCUT2D eigenvalue weighted by Crippen LogP contribution is -2.40. The Balaban J connectivity index is 1.90. The van der Waals surface area contributed by atoms with E-state index in [2.05, 4.69) is 15.2 Å². The second kappa shape index (κ2) is 6.73. The molecule has 6 heteroatoms. The van der Waals surface area contributed by atoms with E-state index < -0.39 is 5.97 Å². The summed E-state index contributed by atoms with van der Waals surface area (Å²) in [6, 6.07) is 1.93. The van der Waals surface area contributed by atoms with Crippen LogP contribution >= 0.6 is 11.6 Å². The number of nitrogens with zero attached hydrogens (tertiary/aromatic N) is 2. The molecule has 0 radical (unpaired) electrons. The summed E-state index contributed by atoms with van der Waals surface area (Å²) >= 11 is 6.15. The third-order valence-corrected chi connectivity index (χ3v) is 3.61. The topological polar surface area (TPSA) is 65.5 Å². The van der Waals surface area contributed by atoms with Crippen LogP contribution in [0.4, 0.5) is 5.69 Å². The fourth-order valence-electron chi connectivity index (χ4n) is 2.46. The van der Waals surface area contributed by atoms with Gasteiger partial charge in [-0.15, -0.1) is 0 Å². The highest BCUT2D eigenvalue weighted by molar-refractivity contribution is 6.33. The number of aromatic nitrogens is 1. The van der Waals surface area contributed by atoms with Gasteiger partial charge in [-0.3, -0.25) is 9.78 Å². The fraction of sp³-hybridized carbons (Fsp3) is 0.538. The molecule has 0 bridgehead atoms. The number of halogens is 1. The quantitative estimate of drug-likeness (QED) is 0.860. The first-order chi connectivity index (χ1) is 9.16. The second-order valence-electron chi connectivity index (χ2n) is 4.81. The molecule has 5 nitrogen and oxygen atoms in total. The summed E-state index contributed by atoms with van der Waals surface area (Å²) in [5.74, 6) is -0.359. The maximum Gasteiger partial charge on any atom is 0.317 e. The Morgan fingerprint density at radius 1 is 1.63 bits per heavy atom. The maximum atomic E-state index is 10.5. The van der Waals surface area contributed by atoms with Gasteiger partial charge in [0.15, 0.2) is 0 Å². The van der Waals surface area contributed by atoms with Gasteiger partial charge < -0.3 is 15.3 Å². The predicted molar refractivity (Wildman–Crippen MR) is 74.7 cm³/mol. The van der Waals surface area contributed by atoms with Gasteiger partial charge in [-0.25, -0.2) is 0 Å². The van der Waals surface area contributed by atoms with Crippen molar-refractivity contribution in [1.82, 2.24) is 10.3 Å². The number of carboxylic acids is 1. The SMILES string of the molecule is O=C(O)CNCC1CCCN(c2ccncc2Cl)C1. The van der Waals surface area contributed by atoms with E-state index in [0.717, 1.165) is 38.2 Å². The Hall–Kier alpha value is -1.33. The Kier molecular flexibility index (Phi) is 4.99. The molecule has 19 heavy (non-hydrogen) atoms. The Morgan fingerprint density at radius 2 is 2.47 bits per heavy atom. The number of nitrogens with one attached hydrogen (secondary N) is 1. The molecule has 0 spiro atoms. The molecule has 1 aromatic rings. The molecule has 1 unspecified atom stereocenters. The van der Waals surface area contributed by atoms with E-state index in [1.807, 2.05) is 6.07 Å². The average molecular weight is 284 g/mol. The molecule has 1 aliphatic rings. The highest BCUT2D eigenvalue weighted by Crippen LogP contribution is 2.28. The van der Waals surface area contributed by atoms with Crippen molar-refractivity contribution < 1.29 is 9.90 Å². The largest absolute Gasteiger partial charge is 0.480 e. The summed E-state index contributed by atoms with van der Waals surface area (Å²) in [7, 11) is 0. The first kappa shape index (κ1) is 14.1. The standard InChI is InChI=1S/C13H18ClN3O2/c14-11-7-15-4-3-12(11)17-5-1-2-10(9-17)6-16-8-13(18)19/h3-4,7,10,16H,1-2,5-6,8-9H2,(H,18,19). The van der Waals surface area contributed by atoms with Crippen LogP contribution in [0.15, 0.2) is 18.5 Å². The number of rotatable bonds is 5. The van der Waals surface area contributed by atoms with E-state index >= 15 is 0 Å². The highest BCUT2D eigenvalue weighted by Gasteiger charge is 2.21. The van der Waals surface area contributed by atoms with E-state index in [4.69, 9.17) is 16.7 Å². The molecule has 1 fully saturated rings. The minimum Gasteiger partial charge on any atom is -0.480 e. The second-order valence-corrected chi connectivity index (χ2v) is 5.21. The Morgan fingerprint density at radius 3 is 3.21 bits per heavy atom. The van der Waals surface area contributed by atoms with Crippen molar-refractivity contribution in [2.45, 2.75) is 12.8 Å². The van der Waals surface area contributed by atoms with Gasteiger partial charge in [-0.1, -0.05) is 11.6 Å². The van der Waals surface area contributed by atoms with Crippen molar-refractivity contribution in [2.24, 2.45) is 5.92 Å². The van der Waals surface area contributed by atoms with Crippen molar-refractivity contribution in [3.8, 4) is 0 Å². The van der Waals surface area contributed by atoms with Crippen LogP contribution in [0.1, 0.15) is 12.8 Å². The van der Waals surface area contributed by atoms with Crippen molar-refractivity contribution >= 4 is 23.3 Å². The van der Waals surface area contributed by atoms with Gasteiger partial charge in [0.2, 0.25) is 0 Å². The first-order valence-corrected chi connectivity index (χ1v) is 6.81. The van der Waals surface area contributed by atoms with E-state index in [1.54, 1.807) is 12.4 Å². The smallest absolute Gasteiger partial charge is 0.317 e. The molecule has 0 saturated carbocycles. The van der Waals surface area contributed by atoms with Crippen LogP contribution in [-0.4, -0.2) is 42.2 Å². The molecule has 0 amide bonds. The molecule has 1 atom stereocenters. The maximum absolute atomic E-state index is 10.5. The number of piperidine rings is 1. The van der Waals surface area contributed by atoms with Crippen molar-refractivity contribution in [2.75, 3.05) is 31.1 Å². The normalized spacial score (nSPS) is 19.4.